The molecule has 0 N–H and O–H groups in total. The molecule has 1 heterocycles. The average molecular weight is 373 g/mol. The minimum absolute atomic E-state index is 0.00769. The molecule has 0 aliphatic heterocycles. The molecule has 0 saturated heterocycles. The summed E-state index contributed by atoms with van der Waals surface area (Å²) in [6.07, 6.45) is 0. The molecule has 26 heavy (non-hydrogen) atoms. The molecule has 0 unspecified atom stereocenters. The van der Waals surface area contributed by atoms with Crippen LogP contribution in [0.1, 0.15) is 10.4 Å². The van der Waals surface area contributed by atoms with Crippen molar-refractivity contribution in [1.82, 2.24) is 4.57 Å². The molecular formula is C17H15N3O5S. The van der Waals surface area contributed by atoms with Crippen molar-refractivity contribution in [2.45, 2.75) is 0 Å². The molecule has 1 aromatic heterocycles. The molecule has 3 aromatic rings. The molecule has 2 aromatic carbocycles. The standard InChI is InChI=1S/C17H15N3O5S/c1-19-12-8-7-10(20(22)23)9-14(12)26-17(19)18-16(21)11-5-4-6-13(24-2)15(11)25-3/h4-9H,1-3H3. The van der Waals surface area contributed by atoms with Crippen LogP contribution >= 0.6 is 11.3 Å². The van der Waals surface area contributed by atoms with Crippen LogP contribution < -0.4 is 14.3 Å². The fraction of sp³-hybridized carbons (Fsp3) is 0.176. The summed E-state index contributed by atoms with van der Waals surface area (Å²) in [4.78, 5) is 27.7. The third-order valence-corrected chi connectivity index (χ3v) is 4.93. The molecule has 1 amide bonds. The zero-order valence-electron chi connectivity index (χ0n) is 14.3. The van der Waals surface area contributed by atoms with Gasteiger partial charge in [0, 0.05) is 19.2 Å². The number of aryl methyl sites for hydroxylation is 1. The van der Waals surface area contributed by atoms with E-state index in [1.54, 1.807) is 35.9 Å². The number of aromatic nitrogens is 1. The smallest absolute Gasteiger partial charge is 0.283 e. The quantitative estimate of drug-likeness (QED) is 0.517. The van der Waals surface area contributed by atoms with E-state index >= 15 is 0 Å². The average Bonchev–Trinajstić information content (AvgIpc) is 2.95. The molecule has 0 fully saturated rings. The van der Waals surface area contributed by atoms with Gasteiger partial charge in [-0.25, -0.2) is 0 Å². The zero-order chi connectivity index (χ0) is 18.8. The summed E-state index contributed by atoms with van der Waals surface area (Å²) < 4.78 is 12.9. The van der Waals surface area contributed by atoms with Crippen LogP contribution in [0.25, 0.3) is 10.2 Å². The van der Waals surface area contributed by atoms with Crippen LogP contribution in [0, 0.1) is 10.1 Å². The first-order valence-corrected chi connectivity index (χ1v) is 8.32. The predicted molar refractivity (Wildman–Crippen MR) is 96.9 cm³/mol. The van der Waals surface area contributed by atoms with Crippen LogP contribution in [-0.2, 0) is 7.05 Å². The summed E-state index contributed by atoms with van der Waals surface area (Å²) in [5.74, 6) is 0.255. The monoisotopic (exact) mass is 373 g/mol. The van der Waals surface area contributed by atoms with Crippen LogP contribution in [-0.4, -0.2) is 29.6 Å². The maximum Gasteiger partial charge on any atom is 0.283 e. The molecule has 0 bridgehead atoms. The Labute approximate surface area is 152 Å². The minimum atomic E-state index is -0.489. The highest BCUT2D eigenvalue weighted by atomic mass is 32.1. The van der Waals surface area contributed by atoms with Crippen LogP contribution in [0.5, 0.6) is 11.5 Å². The van der Waals surface area contributed by atoms with Gasteiger partial charge in [0.1, 0.15) is 0 Å². The molecule has 9 heteroatoms. The van der Waals surface area contributed by atoms with Gasteiger partial charge in [0.05, 0.1) is 34.9 Å². The lowest BCUT2D eigenvalue weighted by Gasteiger charge is -2.09. The number of ether oxygens (including phenoxy) is 2. The summed E-state index contributed by atoms with van der Waals surface area (Å²) in [5, 5.41) is 10.9. The van der Waals surface area contributed by atoms with Crippen molar-refractivity contribution in [2.24, 2.45) is 12.0 Å². The number of rotatable bonds is 4. The fourth-order valence-electron chi connectivity index (χ4n) is 2.55. The number of fused-ring (bicyclic) bond motifs is 1. The number of non-ortho nitro benzene ring substituents is 1. The minimum Gasteiger partial charge on any atom is -0.493 e. The third-order valence-electron chi connectivity index (χ3n) is 3.83. The van der Waals surface area contributed by atoms with Crippen molar-refractivity contribution in [3.05, 3.63) is 56.9 Å². The number of benzene rings is 2. The van der Waals surface area contributed by atoms with Gasteiger partial charge in [0.15, 0.2) is 16.3 Å². The van der Waals surface area contributed by atoms with Crippen LogP contribution in [0.15, 0.2) is 41.4 Å². The molecule has 0 spiro atoms. The number of methoxy groups -OCH3 is 2. The Hall–Kier alpha value is -3.20. The Bertz CT molecular complexity index is 1080. The van der Waals surface area contributed by atoms with Crippen molar-refractivity contribution in [2.75, 3.05) is 14.2 Å². The molecule has 8 nitrogen and oxygen atoms in total. The maximum atomic E-state index is 12.6. The maximum absolute atomic E-state index is 12.6. The number of para-hydroxylation sites is 1. The summed E-state index contributed by atoms with van der Waals surface area (Å²) in [7, 11) is 4.69. The lowest BCUT2D eigenvalue weighted by Crippen LogP contribution is -2.13. The lowest BCUT2D eigenvalue weighted by molar-refractivity contribution is -0.384. The van der Waals surface area contributed by atoms with Gasteiger partial charge in [0.25, 0.3) is 11.6 Å². The number of amides is 1. The second-order valence-corrected chi connectivity index (χ2v) is 6.32. The zero-order valence-corrected chi connectivity index (χ0v) is 15.1. The molecule has 0 saturated carbocycles. The van der Waals surface area contributed by atoms with Crippen LogP contribution in [0.2, 0.25) is 0 Å². The summed E-state index contributed by atoms with van der Waals surface area (Å²) in [6.45, 7) is 0. The van der Waals surface area contributed by atoms with Crippen molar-refractivity contribution in [3.8, 4) is 11.5 Å². The Balaban J connectivity index is 2.12. The van der Waals surface area contributed by atoms with E-state index in [9.17, 15) is 14.9 Å². The van der Waals surface area contributed by atoms with Crippen molar-refractivity contribution >= 4 is 33.1 Å². The first kappa shape index (κ1) is 17.6. The number of carbonyl (C=O) groups is 1. The molecule has 3 rings (SSSR count). The van der Waals surface area contributed by atoms with E-state index in [1.807, 2.05) is 0 Å². The predicted octanol–water partition coefficient (Wildman–Crippen LogP) is 2.91. The van der Waals surface area contributed by atoms with Gasteiger partial charge in [-0.05, 0) is 18.2 Å². The fourth-order valence-corrected chi connectivity index (χ4v) is 3.60. The van der Waals surface area contributed by atoms with E-state index in [2.05, 4.69) is 4.99 Å². The van der Waals surface area contributed by atoms with Crippen molar-refractivity contribution in [3.63, 3.8) is 0 Å². The Morgan fingerprint density at radius 3 is 2.65 bits per heavy atom. The van der Waals surface area contributed by atoms with Crippen molar-refractivity contribution in [1.29, 1.82) is 0 Å². The molecular weight excluding hydrogens is 358 g/mol. The number of hydrogen-bond acceptors (Lipinski definition) is 6. The van der Waals surface area contributed by atoms with E-state index in [-0.39, 0.29) is 11.3 Å². The van der Waals surface area contributed by atoms with Gasteiger partial charge < -0.3 is 14.0 Å². The Morgan fingerprint density at radius 2 is 2.00 bits per heavy atom. The second-order valence-electron chi connectivity index (χ2n) is 5.31. The lowest BCUT2D eigenvalue weighted by atomic mass is 10.2. The summed E-state index contributed by atoms with van der Waals surface area (Å²) in [6, 6.07) is 9.50. The molecule has 0 radical (unpaired) electrons. The van der Waals surface area contributed by atoms with Crippen LogP contribution in [0.4, 0.5) is 5.69 Å². The topological polar surface area (TPSA) is 96.0 Å². The number of nitro benzene ring substituents is 1. The van der Waals surface area contributed by atoms with Crippen molar-refractivity contribution < 1.29 is 19.2 Å². The third kappa shape index (κ3) is 3.04. The molecule has 134 valence electrons. The first-order chi connectivity index (χ1) is 12.5. The van der Waals surface area contributed by atoms with E-state index in [0.29, 0.717) is 21.0 Å². The van der Waals surface area contributed by atoms with Crippen LogP contribution in [0.3, 0.4) is 0 Å². The van der Waals surface area contributed by atoms with Gasteiger partial charge >= 0.3 is 0 Å². The van der Waals surface area contributed by atoms with E-state index in [4.69, 9.17) is 9.47 Å². The van der Waals surface area contributed by atoms with Gasteiger partial charge in [-0.3, -0.25) is 14.9 Å². The number of hydrogen-bond donors (Lipinski definition) is 0. The highest BCUT2D eigenvalue weighted by Gasteiger charge is 2.17. The van der Waals surface area contributed by atoms with Gasteiger partial charge in [-0.15, -0.1) is 0 Å². The normalized spacial score (nSPS) is 11.6. The second kappa shape index (κ2) is 6.96. The number of nitro groups is 1. The van der Waals surface area contributed by atoms with E-state index in [0.717, 1.165) is 5.52 Å². The van der Waals surface area contributed by atoms with Gasteiger partial charge in [-0.2, -0.15) is 4.99 Å². The highest BCUT2D eigenvalue weighted by molar-refractivity contribution is 7.16. The summed E-state index contributed by atoms with van der Waals surface area (Å²) >= 11 is 1.20. The highest BCUT2D eigenvalue weighted by Crippen LogP contribution is 2.31. The Morgan fingerprint density at radius 1 is 1.23 bits per heavy atom. The molecule has 0 aliphatic carbocycles. The summed E-state index contributed by atoms with van der Waals surface area (Å²) in [5.41, 5.74) is 1.02. The Kier molecular flexibility index (Phi) is 4.72. The molecule has 0 aliphatic rings. The SMILES string of the molecule is COc1cccc(C(=O)N=c2sc3cc([N+](=O)[O-])ccc3n2C)c1OC. The largest absolute Gasteiger partial charge is 0.493 e. The first-order valence-electron chi connectivity index (χ1n) is 7.50. The van der Waals surface area contributed by atoms with E-state index < -0.39 is 10.8 Å². The number of carbonyl (C=O) groups excluding carboxylic acids is 1. The number of thiazole rings is 1. The molecule has 0 atom stereocenters. The van der Waals surface area contributed by atoms with Gasteiger partial charge in [0.2, 0.25) is 0 Å². The van der Waals surface area contributed by atoms with E-state index in [1.165, 1.54) is 37.7 Å². The van der Waals surface area contributed by atoms with Gasteiger partial charge in [-0.1, -0.05) is 17.4 Å². The number of nitrogens with zero attached hydrogens (tertiary/aromatic N) is 3.